The van der Waals surface area contributed by atoms with E-state index in [2.05, 4.69) is 14.7 Å². The minimum absolute atomic E-state index is 0.0593. The second-order valence-corrected chi connectivity index (χ2v) is 8.21. The number of ether oxygens (including phenoxy) is 1. The Bertz CT molecular complexity index is 1220. The largest absolute Gasteiger partial charge is 0.497 e. The highest BCUT2D eigenvalue weighted by Gasteiger charge is 2.17. The number of hydrogen-bond acceptors (Lipinski definition) is 5. The summed E-state index contributed by atoms with van der Waals surface area (Å²) in [6.07, 6.45) is 1.70. The summed E-state index contributed by atoms with van der Waals surface area (Å²) in [5, 5.41) is 0. The van der Waals surface area contributed by atoms with E-state index >= 15 is 0 Å². The van der Waals surface area contributed by atoms with Crippen LogP contribution in [0.25, 0.3) is 11.2 Å². The number of aromatic nitrogens is 3. The standard InChI is InChI=1S/C21H20N4O3S/c1-28-17-11-9-16(10-12-17)15-25-20(24-19-8-5-13-22-21(19)25)14-23-29(26,27)18-6-3-2-4-7-18/h2-13,23H,14-15H2,1H3. The van der Waals surface area contributed by atoms with Crippen LogP contribution in [0.4, 0.5) is 0 Å². The number of hydrogen-bond donors (Lipinski definition) is 1. The topological polar surface area (TPSA) is 86.1 Å². The van der Waals surface area contributed by atoms with Crippen LogP contribution in [0.3, 0.4) is 0 Å². The molecule has 8 heteroatoms. The van der Waals surface area contributed by atoms with Gasteiger partial charge in [-0.3, -0.25) is 0 Å². The Labute approximate surface area is 169 Å². The maximum atomic E-state index is 12.6. The first-order chi connectivity index (χ1) is 14.1. The first-order valence-corrected chi connectivity index (χ1v) is 10.5. The van der Waals surface area contributed by atoms with Gasteiger partial charge in [0.1, 0.15) is 17.1 Å². The van der Waals surface area contributed by atoms with Crippen molar-refractivity contribution in [3.8, 4) is 5.75 Å². The Balaban J connectivity index is 1.64. The Morgan fingerprint density at radius 1 is 1.00 bits per heavy atom. The fourth-order valence-corrected chi connectivity index (χ4v) is 4.06. The number of nitrogens with one attached hydrogen (secondary N) is 1. The molecule has 0 saturated carbocycles. The lowest BCUT2D eigenvalue weighted by Gasteiger charge is -2.11. The van der Waals surface area contributed by atoms with Gasteiger partial charge in [-0.2, -0.15) is 0 Å². The van der Waals surface area contributed by atoms with Gasteiger partial charge in [0.2, 0.25) is 10.0 Å². The summed E-state index contributed by atoms with van der Waals surface area (Å²) in [6.45, 7) is 0.573. The van der Waals surface area contributed by atoms with Crippen LogP contribution >= 0.6 is 0 Å². The second-order valence-electron chi connectivity index (χ2n) is 6.45. The summed E-state index contributed by atoms with van der Waals surface area (Å²) < 4.78 is 34.9. The molecule has 2 heterocycles. The summed E-state index contributed by atoms with van der Waals surface area (Å²) in [5.41, 5.74) is 2.45. The van der Waals surface area contributed by atoms with Gasteiger partial charge in [-0.05, 0) is 42.0 Å². The molecule has 0 fully saturated rings. The van der Waals surface area contributed by atoms with Crippen molar-refractivity contribution >= 4 is 21.2 Å². The summed E-state index contributed by atoms with van der Waals surface area (Å²) in [7, 11) is -2.01. The van der Waals surface area contributed by atoms with Crippen LogP contribution in [0.15, 0.2) is 77.8 Å². The Hall–Kier alpha value is -3.23. The number of rotatable bonds is 7. The third-order valence-electron chi connectivity index (χ3n) is 4.56. The van der Waals surface area contributed by atoms with Gasteiger partial charge in [0.15, 0.2) is 5.65 Å². The summed E-state index contributed by atoms with van der Waals surface area (Å²) in [6, 6.07) is 19.7. The molecule has 0 aliphatic carbocycles. The lowest BCUT2D eigenvalue weighted by atomic mass is 10.2. The van der Waals surface area contributed by atoms with Crippen LogP contribution in [0.1, 0.15) is 11.4 Å². The summed E-state index contributed by atoms with van der Waals surface area (Å²) in [4.78, 5) is 9.24. The fourth-order valence-electron chi connectivity index (χ4n) is 3.06. The number of sulfonamides is 1. The molecule has 29 heavy (non-hydrogen) atoms. The van der Waals surface area contributed by atoms with Crippen molar-refractivity contribution in [2.75, 3.05) is 7.11 Å². The molecule has 0 radical (unpaired) electrons. The van der Waals surface area contributed by atoms with Crippen LogP contribution in [-0.2, 0) is 23.1 Å². The quantitative estimate of drug-likeness (QED) is 0.508. The number of methoxy groups -OCH3 is 1. The first kappa shape index (κ1) is 19.1. The van der Waals surface area contributed by atoms with Crippen molar-refractivity contribution in [1.82, 2.24) is 19.3 Å². The smallest absolute Gasteiger partial charge is 0.240 e. The highest BCUT2D eigenvalue weighted by Crippen LogP contribution is 2.18. The van der Waals surface area contributed by atoms with Gasteiger partial charge >= 0.3 is 0 Å². The molecule has 0 aliphatic rings. The van der Waals surface area contributed by atoms with E-state index in [4.69, 9.17) is 4.74 Å². The van der Waals surface area contributed by atoms with E-state index in [1.807, 2.05) is 41.0 Å². The lowest BCUT2D eigenvalue weighted by Crippen LogP contribution is -2.25. The van der Waals surface area contributed by atoms with Crippen LogP contribution in [0.2, 0.25) is 0 Å². The monoisotopic (exact) mass is 408 g/mol. The van der Waals surface area contributed by atoms with Crippen LogP contribution in [-0.4, -0.2) is 30.1 Å². The van der Waals surface area contributed by atoms with Gasteiger partial charge in [0.05, 0.1) is 25.1 Å². The zero-order valence-corrected chi connectivity index (χ0v) is 16.6. The molecule has 0 atom stereocenters. The minimum atomic E-state index is -3.63. The predicted octanol–water partition coefficient (Wildman–Crippen LogP) is 2.97. The zero-order chi connectivity index (χ0) is 20.3. The number of pyridine rings is 1. The molecule has 0 amide bonds. The number of benzene rings is 2. The molecule has 0 saturated heterocycles. The van der Waals surface area contributed by atoms with Gasteiger partial charge in [-0.1, -0.05) is 30.3 Å². The van der Waals surface area contributed by atoms with Crippen molar-refractivity contribution in [3.63, 3.8) is 0 Å². The summed E-state index contributed by atoms with van der Waals surface area (Å²) >= 11 is 0. The normalized spacial score (nSPS) is 11.6. The minimum Gasteiger partial charge on any atom is -0.497 e. The average molecular weight is 408 g/mol. The molecular weight excluding hydrogens is 388 g/mol. The van der Waals surface area contributed by atoms with Gasteiger partial charge in [-0.25, -0.2) is 23.1 Å². The second kappa shape index (κ2) is 8.02. The van der Waals surface area contributed by atoms with Crippen molar-refractivity contribution < 1.29 is 13.2 Å². The molecule has 7 nitrogen and oxygen atoms in total. The van der Waals surface area contributed by atoms with Crippen molar-refractivity contribution in [3.05, 3.63) is 84.3 Å². The zero-order valence-electron chi connectivity index (χ0n) is 15.8. The highest BCUT2D eigenvalue weighted by atomic mass is 32.2. The van der Waals surface area contributed by atoms with Crippen LogP contribution < -0.4 is 9.46 Å². The maximum Gasteiger partial charge on any atom is 0.240 e. The molecule has 148 valence electrons. The van der Waals surface area contributed by atoms with Crippen molar-refractivity contribution in [2.24, 2.45) is 0 Å². The number of nitrogens with zero attached hydrogens (tertiary/aromatic N) is 3. The predicted molar refractivity (Wildman–Crippen MR) is 110 cm³/mol. The SMILES string of the molecule is COc1ccc(Cn2c(CNS(=O)(=O)c3ccccc3)nc3cccnc32)cc1. The molecule has 2 aromatic carbocycles. The van der Waals surface area contributed by atoms with E-state index in [9.17, 15) is 8.42 Å². The van der Waals surface area contributed by atoms with Gasteiger partial charge in [-0.15, -0.1) is 0 Å². The first-order valence-electron chi connectivity index (χ1n) is 9.04. The van der Waals surface area contributed by atoms with Gasteiger partial charge in [0.25, 0.3) is 0 Å². The van der Waals surface area contributed by atoms with Crippen LogP contribution in [0.5, 0.6) is 5.75 Å². The number of imidazole rings is 1. The Morgan fingerprint density at radius 3 is 2.48 bits per heavy atom. The molecule has 0 aliphatic heterocycles. The Morgan fingerprint density at radius 2 is 1.76 bits per heavy atom. The molecule has 2 aromatic heterocycles. The molecule has 1 N–H and O–H groups in total. The van der Waals surface area contributed by atoms with E-state index in [1.54, 1.807) is 43.6 Å². The number of fused-ring (bicyclic) bond motifs is 1. The maximum absolute atomic E-state index is 12.6. The third kappa shape index (κ3) is 4.13. The highest BCUT2D eigenvalue weighted by molar-refractivity contribution is 7.89. The Kier molecular flexibility index (Phi) is 5.28. The van der Waals surface area contributed by atoms with E-state index in [-0.39, 0.29) is 11.4 Å². The molecule has 0 bridgehead atoms. The van der Waals surface area contributed by atoms with Gasteiger partial charge < -0.3 is 9.30 Å². The average Bonchev–Trinajstić information content (AvgIpc) is 3.11. The van der Waals surface area contributed by atoms with E-state index in [1.165, 1.54) is 0 Å². The fraction of sp³-hybridized carbons (Fsp3) is 0.143. The van der Waals surface area contributed by atoms with E-state index in [0.717, 1.165) is 16.8 Å². The van der Waals surface area contributed by atoms with Gasteiger partial charge in [0, 0.05) is 6.20 Å². The molecular formula is C21H20N4O3S. The molecule has 0 spiro atoms. The van der Waals surface area contributed by atoms with Crippen LogP contribution in [0, 0.1) is 0 Å². The van der Waals surface area contributed by atoms with E-state index in [0.29, 0.717) is 18.0 Å². The molecule has 0 unspecified atom stereocenters. The summed E-state index contributed by atoms with van der Waals surface area (Å²) in [5.74, 6) is 1.37. The van der Waals surface area contributed by atoms with E-state index < -0.39 is 10.0 Å². The van der Waals surface area contributed by atoms with Crippen molar-refractivity contribution in [1.29, 1.82) is 0 Å². The van der Waals surface area contributed by atoms with Crippen molar-refractivity contribution in [2.45, 2.75) is 18.0 Å². The molecule has 4 aromatic rings. The third-order valence-corrected chi connectivity index (χ3v) is 5.97. The molecule has 4 rings (SSSR count). The lowest BCUT2D eigenvalue weighted by molar-refractivity contribution is 0.414.